The van der Waals surface area contributed by atoms with E-state index in [1.54, 1.807) is 0 Å². The summed E-state index contributed by atoms with van der Waals surface area (Å²) in [6.07, 6.45) is 2.30. The molecule has 0 aromatic heterocycles. The predicted octanol–water partition coefficient (Wildman–Crippen LogP) is 0.508. The van der Waals surface area contributed by atoms with Gasteiger partial charge in [-0.15, -0.1) is 0 Å². The van der Waals surface area contributed by atoms with E-state index in [-0.39, 0.29) is 12.7 Å². The maximum absolute atomic E-state index is 9.25. The molecule has 2 unspecified atom stereocenters. The summed E-state index contributed by atoms with van der Waals surface area (Å²) in [4.78, 5) is 0. The molecule has 3 heteroatoms. The molecule has 12 heavy (non-hydrogen) atoms. The minimum absolute atomic E-state index is 0.216. The van der Waals surface area contributed by atoms with Gasteiger partial charge in [-0.1, -0.05) is 13.8 Å². The van der Waals surface area contributed by atoms with E-state index < -0.39 is 0 Å². The first-order valence-electron chi connectivity index (χ1n) is 4.76. The number of nitrogens with one attached hydrogen (secondary N) is 1. The first-order valence-corrected chi connectivity index (χ1v) is 4.76. The minimum atomic E-state index is -0.252. The Kier molecular flexibility index (Phi) is 7.45. The Morgan fingerprint density at radius 2 is 1.92 bits per heavy atom. The normalized spacial score (nSPS) is 16.0. The molecule has 0 amide bonds. The zero-order chi connectivity index (χ0) is 9.40. The molecule has 0 spiro atoms. The summed E-state index contributed by atoms with van der Waals surface area (Å²) in [6.45, 7) is 4.88. The molecule has 3 nitrogen and oxygen atoms in total. The average molecular weight is 175 g/mol. The minimum Gasteiger partial charge on any atom is -0.396 e. The van der Waals surface area contributed by atoms with E-state index in [1.165, 1.54) is 0 Å². The number of hydrogen-bond donors (Lipinski definition) is 3. The van der Waals surface area contributed by atoms with Crippen LogP contribution in [0.1, 0.15) is 33.1 Å². The van der Waals surface area contributed by atoms with Gasteiger partial charge in [-0.2, -0.15) is 0 Å². The molecular weight excluding hydrogens is 154 g/mol. The van der Waals surface area contributed by atoms with Gasteiger partial charge in [0.1, 0.15) is 0 Å². The van der Waals surface area contributed by atoms with Crippen molar-refractivity contribution < 1.29 is 10.2 Å². The number of hydrogen-bond acceptors (Lipinski definition) is 3. The standard InChI is InChI=1S/C9H21NO2/c1-3-8(5-6-11)10-7-9(12)4-2/h8-12H,3-7H2,1-2H3. The number of rotatable bonds is 7. The Labute approximate surface area is 74.8 Å². The zero-order valence-corrected chi connectivity index (χ0v) is 8.08. The van der Waals surface area contributed by atoms with Crippen molar-refractivity contribution in [2.24, 2.45) is 0 Å². The molecule has 0 saturated heterocycles. The summed E-state index contributed by atoms with van der Waals surface area (Å²) in [5, 5.41) is 21.1. The van der Waals surface area contributed by atoms with Gasteiger partial charge in [0.15, 0.2) is 0 Å². The van der Waals surface area contributed by atoms with Crippen LogP contribution in [-0.2, 0) is 0 Å². The second-order valence-corrected chi connectivity index (χ2v) is 3.09. The molecule has 0 radical (unpaired) electrons. The molecule has 2 atom stereocenters. The number of aliphatic hydroxyl groups excluding tert-OH is 2. The Balaban J connectivity index is 3.43. The largest absolute Gasteiger partial charge is 0.396 e. The molecular formula is C9H21NO2. The van der Waals surface area contributed by atoms with E-state index in [0.29, 0.717) is 12.6 Å². The van der Waals surface area contributed by atoms with Gasteiger partial charge in [0.2, 0.25) is 0 Å². The first-order chi connectivity index (χ1) is 5.74. The van der Waals surface area contributed by atoms with Crippen LogP contribution < -0.4 is 5.32 Å². The van der Waals surface area contributed by atoms with E-state index in [0.717, 1.165) is 19.3 Å². The summed E-state index contributed by atoms with van der Waals surface area (Å²) in [5.74, 6) is 0. The van der Waals surface area contributed by atoms with Crippen molar-refractivity contribution in [3.63, 3.8) is 0 Å². The lowest BCUT2D eigenvalue weighted by atomic mass is 10.1. The van der Waals surface area contributed by atoms with Crippen molar-refractivity contribution in [1.82, 2.24) is 5.32 Å². The molecule has 0 aromatic rings. The van der Waals surface area contributed by atoms with Gasteiger partial charge in [0.05, 0.1) is 6.10 Å². The molecule has 3 N–H and O–H groups in total. The highest BCUT2D eigenvalue weighted by Crippen LogP contribution is 1.97. The highest BCUT2D eigenvalue weighted by Gasteiger charge is 2.06. The Morgan fingerprint density at radius 3 is 2.33 bits per heavy atom. The Bertz CT molecular complexity index is 98.5. The van der Waals surface area contributed by atoms with E-state index in [4.69, 9.17) is 5.11 Å². The average Bonchev–Trinajstić information content (AvgIpc) is 2.11. The lowest BCUT2D eigenvalue weighted by Gasteiger charge is -2.17. The van der Waals surface area contributed by atoms with Gasteiger partial charge in [-0.25, -0.2) is 0 Å². The first kappa shape index (κ1) is 11.9. The van der Waals surface area contributed by atoms with Gasteiger partial charge in [-0.3, -0.25) is 0 Å². The van der Waals surface area contributed by atoms with Crippen molar-refractivity contribution in [1.29, 1.82) is 0 Å². The summed E-state index contributed by atoms with van der Waals surface area (Å²) in [7, 11) is 0. The van der Waals surface area contributed by atoms with E-state index in [9.17, 15) is 5.11 Å². The van der Waals surface area contributed by atoms with Crippen molar-refractivity contribution in [2.45, 2.75) is 45.3 Å². The molecule has 74 valence electrons. The summed E-state index contributed by atoms with van der Waals surface area (Å²) in [6, 6.07) is 0.344. The van der Waals surface area contributed by atoms with Crippen LogP contribution in [-0.4, -0.2) is 35.5 Å². The van der Waals surface area contributed by atoms with E-state index in [2.05, 4.69) is 12.2 Å². The number of aliphatic hydroxyl groups is 2. The van der Waals surface area contributed by atoms with Gasteiger partial charge in [-0.05, 0) is 19.3 Å². The molecule has 0 aliphatic heterocycles. The van der Waals surface area contributed by atoms with E-state index >= 15 is 0 Å². The summed E-state index contributed by atoms with van der Waals surface area (Å²) >= 11 is 0. The maximum atomic E-state index is 9.25. The lowest BCUT2D eigenvalue weighted by molar-refractivity contribution is 0.158. The summed E-state index contributed by atoms with van der Waals surface area (Å²) in [5.41, 5.74) is 0. The fraction of sp³-hybridized carbons (Fsp3) is 1.00. The van der Waals surface area contributed by atoms with Gasteiger partial charge in [0.25, 0.3) is 0 Å². The quantitative estimate of drug-likeness (QED) is 0.528. The lowest BCUT2D eigenvalue weighted by Crippen LogP contribution is -2.35. The van der Waals surface area contributed by atoms with Crippen LogP contribution in [0.5, 0.6) is 0 Å². The van der Waals surface area contributed by atoms with Gasteiger partial charge >= 0.3 is 0 Å². The van der Waals surface area contributed by atoms with Crippen LogP contribution in [0.3, 0.4) is 0 Å². The van der Waals surface area contributed by atoms with Crippen molar-refractivity contribution in [3.05, 3.63) is 0 Å². The van der Waals surface area contributed by atoms with Gasteiger partial charge in [0, 0.05) is 19.2 Å². The SMILES string of the molecule is CCC(O)CNC(CC)CCO. The van der Waals surface area contributed by atoms with E-state index in [1.807, 2.05) is 6.92 Å². The van der Waals surface area contributed by atoms with Crippen LogP contribution in [0.25, 0.3) is 0 Å². The van der Waals surface area contributed by atoms with Crippen LogP contribution in [0.15, 0.2) is 0 Å². The molecule has 0 aromatic carbocycles. The second-order valence-electron chi connectivity index (χ2n) is 3.09. The third-order valence-electron chi connectivity index (χ3n) is 2.08. The smallest absolute Gasteiger partial charge is 0.0662 e. The van der Waals surface area contributed by atoms with Gasteiger partial charge < -0.3 is 15.5 Å². The van der Waals surface area contributed by atoms with Crippen LogP contribution in [0, 0.1) is 0 Å². The summed E-state index contributed by atoms with van der Waals surface area (Å²) < 4.78 is 0. The predicted molar refractivity (Wildman–Crippen MR) is 50.1 cm³/mol. The molecule has 0 aliphatic rings. The maximum Gasteiger partial charge on any atom is 0.0662 e. The zero-order valence-electron chi connectivity index (χ0n) is 8.08. The highest BCUT2D eigenvalue weighted by atomic mass is 16.3. The molecule has 0 saturated carbocycles. The monoisotopic (exact) mass is 175 g/mol. The Morgan fingerprint density at radius 1 is 1.25 bits per heavy atom. The van der Waals surface area contributed by atoms with Crippen molar-refractivity contribution >= 4 is 0 Å². The molecule has 0 fully saturated rings. The van der Waals surface area contributed by atoms with Crippen LogP contribution >= 0.6 is 0 Å². The third kappa shape index (κ3) is 5.52. The third-order valence-corrected chi connectivity index (χ3v) is 2.08. The van der Waals surface area contributed by atoms with Crippen LogP contribution in [0.4, 0.5) is 0 Å². The molecule has 0 aliphatic carbocycles. The highest BCUT2D eigenvalue weighted by molar-refractivity contribution is 4.66. The topological polar surface area (TPSA) is 52.5 Å². The Hall–Kier alpha value is -0.120. The fourth-order valence-corrected chi connectivity index (χ4v) is 1.05. The second kappa shape index (κ2) is 7.53. The fourth-order valence-electron chi connectivity index (χ4n) is 1.05. The molecule has 0 bridgehead atoms. The molecule has 0 rings (SSSR count). The van der Waals surface area contributed by atoms with Crippen molar-refractivity contribution in [3.8, 4) is 0 Å². The molecule has 0 heterocycles. The van der Waals surface area contributed by atoms with Crippen molar-refractivity contribution in [2.75, 3.05) is 13.2 Å². The van der Waals surface area contributed by atoms with Crippen LogP contribution in [0.2, 0.25) is 0 Å².